The molecule has 4 rings (SSSR count). The van der Waals surface area contributed by atoms with E-state index in [1.165, 1.54) is 16.7 Å². The fraction of sp³-hybridized carbons (Fsp3) is 0.364. The second-order valence-corrected chi connectivity index (χ2v) is 8.11. The third kappa shape index (κ3) is 4.48. The largest absolute Gasteiger partial charge is 0.442 e. The van der Waals surface area contributed by atoms with Gasteiger partial charge in [0.2, 0.25) is 0 Å². The second-order valence-electron chi connectivity index (χ2n) is 7.50. The first-order valence-electron chi connectivity index (χ1n) is 10.1. The van der Waals surface area contributed by atoms with Gasteiger partial charge in [0.25, 0.3) is 0 Å². The maximum atomic E-state index is 14.9. The molecule has 0 radical (unpaired) electrons. The second kappa shape index (κ2) is 8.87. The van der Waals surface area contributed by atoms with Crippen molar-refractivity contribution in [1.82, 2.24) is 5.32 Å². The van der Waals surface area contributed by atoms with Crippen LogP contribution in [0.2, 0.25) is 0 Å². The summed E-state index contributed by atoms with van der Waals surface area (Å²) in [4.78, 5) is 18.7. The Hall–Kier alpha value is -2.87. The third-order valence-corrected chi connectivity index (χ3v) is 5.58. The van der Waals surface area contributed by atoms with Crippen molar-refractivity contribution >= 4 is 40.4 Å². The van der Waals surface area contributed by atoms with Gasteiger partial charge in [-0.2, -0.15) is 0 Å². The van der Waals surface area contributed by atoms with E-state index < -0.39 is 6.09 Å². The molecule has 2 fully saturated rings. The molecule has 2 aliphatic heterocycles. The molecule has 2 saturated heterocycles. The Labute approximate surface area is 181 Å². The first-order chi connectivity index (χ1) is 14.5. The summed E-state index contributed by atoms with van der Waals surface area (Å²) in [6, 6.07) is 15.2. The molecule has 0 bridgehead atoms. The highest BCUT2D eigenvalue weighted by molar-refractivity contribution is 7.80. The van der Waals surface area contributed by atoms with Crippen molar-refractivity contribution in [2.45, 2.75) is 13.0 Å². The fourth-order valence-electron chi connectivity index (χ4n) is 3.86. The van der Waals surface area contributed by atoms with Crippen LogP contribution in [0.3, 0.4) is 0 Å². The lowest BCUT2D eigenvalue weighted by Gasteiger charge is -2.37. The quantitative estimate of drug-likeness (QED) is 0.737. The topological polar surface area (TPSA) is 48.0 Å². The van der Waals surface area contributed by atoms with E-state index >= 15 is 0 Å². The number of rotatable bonds is 5. The molecular formula is C22H25FN4O2S. The molecule has 30 heavy (non-hydrogen) atoms. The molecule has 1 amide bonds. The van der Waals surface area contributed by atoms with E-state index in [1.54, 1.807) is 19.1 Å². The maximum absolute atomic E-state index is 14.9. The van der Waals surface area contributed by atoms with Crippen molar-refractivity contribution in [3.05, 3.63) is 54.3 Å². The minimum atomic E-state index is -0.465. The Balaban J connectivity index is 1.39. The summed E-state index contributed by atoms with van der Waals surface area (Å²) in [5.74, 6) is -0.329. The van der Waals surface area contributed by atoms with Gasteiger partial charge in [-0.1, -0.05) is 30.4 Å². The van der Waals surface area contributed by atoms with Crippen LogP contribution in [0.15, 0.2) is 48.5 Å². The zero-order valence-corrected chi connectivity index (χ0v) is 17.7. The van der Waals surface area contributed by atoms with Gasteiger partial charge in [0.15, 0.2) is 0 Å². The Bertz CT molecular complexity index is 919. The number of benzene rings is 2. The third-order valence-electron chi connectivity index (χ3n) is 5.44. The molecule has 0 unspecified atom stereocenters. The molecule has 0 aliphatic carbocycles. The monoisotopic (exact) mass is 428 g/mol. The first kappa shape index (κ1) is 20.4. The molecule has 158 valence electrons. The number of para-hydroxylation sites is 1. The number of halogens is 1. The highest BCUT2D eigenvalue weighted by Gasteiger charge is 2.33. The lowest BCUT2D eigenvalue weighted by molar-refractivity contribution is 0.143. The van der Waals surface area contributed by atoms with E-state index in [0.717, 1.165) is 26.2 Å². The molecule has 2 aliphatic rings. The zero-order chi connectivity index (χ0) is 21.1. The van der Waals surface area contributed by atoms with Crippen LogP contribution in [0, 0.1) is 5.82 Å². The summed E-state index contributed by atoms with van der Waals surface area (Å²) in [6.07, 6.45) is -0.781. The van der Waals surface area contributed by atoms with Gasteiger partial charge in [0.1, 0.15) is 11.9 Å². The van der Waals surface area contributed by atoms with Gasteiger partial charge in [0, 0.05) is 31.9 Å². The molecule has 2 heterocycles. The SMILES string of the molecule is CC(=S)NC[C@H]1CN(c2ccc(N3CCN(c4ccccc4)CC3)c(F)c2)C(=O)O1. The van der Waals surface area contributed by atoms with Crippen LogP contribution in [0.5, 0.6) is 0 Å². The molecule has 6 nitrogen and oxygen atoms in total. The van der Waals surface area contributed by atoms with E-state index in [-0.39, 0.29) is 11.9 Å². The Morgan fingerprint density at radius 3 is 2.47 bits per heavy atom. The number of hydrogen-bond acceptors (Lipinski definition) is 5. The molecule has 0 spiro atoms. The summed E-state index contributed by atoms with van der Waals surface area (Å²) < 4.78 is 20.3. The highest BCUT2D eigenvalue weighted by atomic mass is 32.1. The van der Waals surface area contributed by atoms with Gasteiger partial charge in [-0.3, -0.25) is 4.90 Å². The number of anilines is 3. The number of carbonyl (C=O) groups excluding carboxylic acids is 1. The Morgan fingerprint density at radius 1 is 1.10 bits per heavy atom. The summed E-state index contributed by atoms with van der Waals surface area (Å²) in [5, 5.41) is 3.00. The number of hydrogen-bond donors (Lipinski definition) is 1. The lowest BCUT2D eigenvalue weighted by Crippen LogP contribution is -2.46. The summed E-state index contributed by atoms with van der Waals surface area (Å²) in [7, 11) is 0. The van der Waals surface area contributed by atoms with Crippen LogP contribution < -0.4 is 20.0 Å². The molecule has 0 saturated carbocycles. The van der Waals surface area contributed by atoms with Crippen molar-refractivity contribution in [2.75, 3.05) is 54.0 Å². The highest BCUT2D eigenvalue weighted by Crippen LogP contribution is 2.29. The number of ether oxygens (including phenoxy) is 1. The normalized spacial score (nSPS) is 19.1. The van der Waals surface area contributed by atoms with Gasteiger partial charge >= 0.3 is 6.09 Å². The number of thiocarbonyl (C=S) groups is 1. The fourth-order valence-corrected chi connectivity index (χ4v) is 3.94. The minimum Gasteiger partial charge on any atom is -0.442 e. The number of cyclic esters (lactones) is 1. The van der Waals surface area contributed by atoms with Gasteiger partial charge < -0.3 is 19.9 Å². The van der Waals surface area contributed by atoms with Crippen molar-refractivity contribution in [3.63, 3.8) is 0 Å². The standard InChI is InChI=1S/C22H25FN4O2S/c1-16(30)24-14-19-15-27(22(28)29-19)18-7-8-21(20(23)13-18)26-11-9-25(10-12-26)17-5-3-2-4-6-17/h2-8,13,19H,9-12,14-15H2,1H3,(H,24,30)/t19-/m0/s1. The van der Waals surface area contributed by atoms with Gasteiger partial charge in [-0.15, -0.1) is 0 Å². The molecule has 8 heteroatoms. The van der Waals surface area contributed by atoms with E-state index in [9.17, 15) is 9.18 Å². The molecule has 1 N–H and O–H groups in total. The number of amides is 1. The van der Waals surface area contributed by atoms with E-state index in [2.05, 4.69) is 27.2 Å². The average Bonchev–Trinajstić information content (AvgIpc) is 3.13. The maximum Gasteiger partial charge on any atom is 0.414 e. The Morgan fingerprint density at radius 2 is 1.80 bits per heavy atom. The summed E-state index contributed by atoms with van der Waals surface area (Å²) >= 11 is 4.99. The molecule has 2 aromatic rings. The van der Waals surface area contributed by atoms with Crippen LogP contribution in [0.25, 0.3) is 0 Å². The number of piperazine rings is 1. The first-order valence-corrected chi connectivity index (χ1v) is 10.5. The summed E-state index contributed by atoms with van der Waals surface area (Å²) in [5.41, 5.74) is 2.26. The van der Waals surface area contributed by atoms with Crippen LogP contribution >= 0.6 is 12.2 Å². The smallest absolute Gasteiger partial charge is 0.414 e. The van der Waals surface area contributed by atoms with E-state index in [4.69, 9.17) is 17.0 Å². The number of nitrogens with zero attached hydrogens (tertiary/aromatic N) is 3. The molecule has 1 atom stereocenters. The number of carbonyl (C=O) groups is 1. The van der Waals surface area contributed by atoms with E-state index in [0.29, 0.717) is 29.5 Å². The van der Waals surface area contributed by atoms with Crippen molar-refractivity contribution in [2.24, 2.45) is 0 Å². The number of nitrogens with one attached hydrogen (secondary N) is 1. The summed E-state index contributed by atoms with van der Waals surface area (Å²) in [6.45, 7) is 5.73. The lowest BCUT2D eigenvalue weighted by atomic mass is 10.2. The predicted molar refractivity (Wildman–Crippen MR) is 121 cm³/mol. The van der Waals surface area contributed by atoms with Crippen LogP contribution in [0.1, 0.15) is 6.92 Å². The van der Waals surface area contributed by atoms with Crippen LogP contribution in [-0.4, -0.2) is 56.5 Å². The minimum absolute atomic E-state index is 0.316. The average molecular weight is 429 g/mol. The van der Waals surface area contributed by atoms with E-state index in [1.807, 2.05) is 18.2 Å². The van der Waals surface area contributed by atoms with Crippen LogP contribution in [0.4, 0.5) is 26.2 Å². The Kier molecular flexibility index (Phi) is 6.03. The predicted octanol–water partition coefficient (Wildman–Crippen LogP) is 3.41. The van der Waals surface area contributed by atoms with Crippen molar-refractivity contribution in [1.29, 1.82) is 0 Å². The zero-order valence-electron chi connectivity index (χ0n) is 16.9. The van der Waals surface area contributed by atoms with Gasteiger partial charge in [0.05, 0.1) is 29.5 Å². The van der Waals surface area contributed by atoms with Gasteiger partial charge in [-0.05, 0) is 37.3 Å². The molecule has 2 aromatic carbocycles. The van der Waals surface area contributed by atoms with Gasteiger partial charge in [-0.25, -0.2) is 9.18 Å². The van der Waals surface area contributed by atoms with Crippen molar-refractivity contribution < 1.29 is 13.9 Å². The molecular weight excluding hydrogens is 403 g/mol. The van der Waals surface area contributed by atoms with Crippen molar-refractivity contribution in [3.8, 4) is 0 Å². The van der Waals surface area contributed by atoms with Crippen LogP contribution in [-0.2, 0) is 4.74 Å². The molecule has 0 aromatic heterocycles.